The number of hydrogen-bond acceptors (Lipinski definition) is 4. The van der Waals surface area contributed by atoms with Crippen molar-refractivity contribution in [3.8, 4) is 5.75 Å². The molecule has 5 heteroatoms. The summed E-state index contributed by atoms with van der Waals surface area (Å²) in [5.74, 6) is 0.632. The summed E-state index contributed by atoms with van der Waals surface area (Å²) in [5.41, 5.74) is 0.594. The van der Waals surface area contributed by atoms with Crippen molar-refractivity contribution in [2.45, 2.75) is 18.6 Å². The number of likely N-dealkylation sites (tertiary alicyclic amines) is 1. The third kappa shape index (κ3) is 2.88. The number of amides is 1. The fourth-order valence-corrected chi connectivity index (χ4v) is 2.37. The summed E-state index contributed by atoms with van der Waals surface area (Å²) < 4.78 is 10.3. The molecule has 19 heavy (non-hydrogen) atoms. The van der Waals surface area contributed by atoms with Crippen molar-refractivity contribution < 1.29 is 19.4 Å². The van der Waals surface area contributed by atoms with Gasteiger partial charge in [0.25, 0.3) is 5.91 Å². The van der Waals surface area contributed by atoms with E-state index >= 15 is 0 Å². The van der Waals surface area contributed by atoms with Crippen molar-refractivity contribution in [3.63, 3.8) is 0 Å². The molecule has 1 aromatic rings. The maximum absolute atomic E-state index is 12.4. The SMILES string of the molecule is COc1ccc(C(=O)N2C[C@H](OC)C[C@H]2CO)cc1. The summed E-state index contributed by atoms with van der Waals surface area (Å²) in [6, 6.07) is 6.81. The molecule has 2 rings (SSSR count). The first-order chi connectivity index (χ1) is 9.19. The average molecular weight is 265 g/mol. The molecule has 0 radical (unpaired) electrons. The molecule has 0 spiro atoms. The number of aliphatic hydroxyl groups excluding tert-OH is 1. The Morgan fingerprint density at radius 1 is 1.37 bits per heavy atom. The summed E-state index contributed by atoms with van der Waals surface area (Å²) in [6.45, 7) is 0.480. The minimum atomic E-state index is -0.167. The van der Waals surface area contributed by atoms with Gasteiger partial charge in [0.15, 0.2) is 0 Å². The van der Waals surface area contributed by atoms with Gasteiger partial charge in [-0.2, -0.15) is 0 Å². The van der Waals surface area contributed by atoms with Crippen LogP contribution in [0.2, 0.25) is 0 Å². The molecule has 1 aromatic carbocycles. The number of methoxy groups -OCH3 is 2. The van der Waals surface area contributed by atoms with E-state index in [-0.39, 0.29) is 24.7 Å². The Kier molecular flexibility index (Phi) is 4.39. The van der Waals surface area contributed by atoms with E-state index in [0.29, 0.717) is 24.3 Å². The molecule has 5 nitrogen and oxygen atoms in total. The topological polar surface area (TPSA) is 59.0 Å². The number of hydrogen-bond donors (Lipinski definition) is 1. The number of benzene rings is 1. The van der Waals surface area contributed by atoms with Crippen LogP contribution in [0.5, 0.6) is 5.75 Å². The molecule has 1 aliphatic heterocycles. The van der Waals surface area contributed by atoms with E-state index in [2.05, 4.69) is 0 Å². The van der Waals surface area contributed by atoms with Crippen LogP contribution in [0.3, 0.4) is 0 Å². The molecule has 0 saturated carbocycles. The van der Waals surface area contributed by atoms with Gasteiger partial charge in [-0.25, -0.2) is 0 Å². The second-order valence-electron chi connectivity index (χ2n) is 4.62. The Labute approximate surface area is 112 Å². The number of carbonyl (C=O) groups is 1. The maximum Gasteiger partial charge on any atom is 0.254 e. The van der Waals surface area contributed by atoms with Crippen LogP contribution in [0.15, 0.2) is 24.3 Å². The van der Waals surface area contributed by atoms with E-state index in [1.807, 2.05) is 0 Å². The lowest BCUT2D eigenvalue weighted by Crippen LogP contribution is -2.38. The minimum absolute atomic E-state index is 0.000603. The van der Waals surface area contributed by atoms with Crippen molar-refractivity contribution in [1.29, 1.82) is 0 Å². The standard InChI is InChI=1S/C14H19NO4/c1-18-12-5-3-10(4-6-12)14(17)15-8-13(19-2)7-11(15)9-16/h3-6,11,13,16H,7-9H2,1-2H3/t11-,13+/m0/s1. The monoisotopic (exact) mass is 265 g/mol. The van der Waals surface area contributed by atoms with Gasteiger partial charge in [0.1, 0.15) is 5.75 Å². The molecule has 0 bridgehead atoms. The first-order valence-corrected chi connectivity index (χ1v) is 6.28. The van der Waals surface area contributed by atoms with Gasteiger partial charge in [0.05, 0.1) is 25.9 Å². The summed E-state index contributed by atoms with van der Waals surface area (Å²) >= 11 is 0. The zero-order valence-electron chi connectivity index (χ0n) is 11.2. The van der Waals surface area contributed by atoms with Gasteiger partial charge in [-0.05, 0) is 30.7 Å². The second-order valence-corrected chi connectivity index (χ2v) is 4.62. The number of aliphatic hydroxyl groups is 1. The van der Waals surface area contributed by atoms with Crippen molar-refractivity contribution in [2.75, 3.05) is 27.4 Å². The Hall–Kier alpha value is -1.59. The van der Waals surface area contributed by atoms with Crippen molar-refractivity contribution in [3.05, 3.63) is 29.8 Å². The molecular formula is C14H19NO4. The number of nitrogens with zero attached hydrogens (tertiary/aromatic N) is 1. The molecule has 1 amide bonds. The van der Waals surface area contributed by atoms with Gasteiger partial charge >= 0.3 is 0 Å². The van der Waals surface area contributed by atoms with E-state index in [4.69, 9.17) is 9.47 Å². The Morgan fingerprint density at radius 3 is 2.58 bits per heavy atom. The fourth-order valence-electron chi connectivity index (χ4n) is 2.37. The molecule has 104 valence electrons. The molecule has 1 fully saturated rings. The first kappa shape index (κ1) is 13.8. The zero-order valence-corrected chi connectivity index (χ0v) is 11.2. The number of carbonyl (C=O) groups excluding carboxylic acids is 1. The zero-order chi connectivity index (χ0) is 13.8. The summed E-state index contributed by atoms with van der Waals surface area (Å²) in [4.78, 5) is 14.1. The normalized spacial score (nSPS) is 22.6. The smallest absolute Gasteiger partial charge is 0.254 e. The van der Waals surface area contributed by atoms with Crippen LogP contribution in [0.25, 0.3) is 0 Å². The quantitative estimate of drug-likeness (QED) is 0.879. The average Bonchev–Trinajstić information content (AvgIpc) is 2.90. The minimum Gasteiger partial charge on any atom is -0.497 e. The summed E-state index contributed by atoms with van der Waals surface area (Å²) in [5, 5.41) is 9.36. The lowest BCUT2D eigenvalue weighted by atomic mass is 10.1. The van der Waals surface area contributed by atoms with Crippen LogP contribution >= 0.6 is 0 Å². The lowest BCUT2D eigenvalue weighted by molar-refractivity contribution is 0.0648. The van der Waals surface area contributed by atoms with Gasteiger partial charge in [0.2, 0.25) is 0 Å². The molecule has 1 heterocycles. The van der Waals surface area contributed by atoms with E-state index in [9.17, 15) is 9.90 Å². The van der Waals surface area contributed by atoms with Gasteiger partial charge in [-0.1, -0.05) is 0 Å². The van der Waals surface area contributed by atoms with Gasteiger partial charge < -0.3 is 19.5 Å². The highest BCUT2D eigenvalue weighted by molar-refractivity contribution is 5.94. The maximum atomic E-state index is 12.4. The van der Waals surface area contributed by atoms with Gasteiger partial charge in [-0.15, -0.1) is 0 Å². The molecule has 0 unspecified atom stereocenters. The van der Waals surface area contributed by atoms with E-state index in [1.165, 1.54) is 0 Å². The van der Waals surface area contributed by atoms with Crippen molar-refractivity contribution in [1.82, 2.24) is 4.90 Å². The van der Waals surface area contributed by atoms with Crippen LogP contribution in [0.1, 0.15) is 16.8 Å². The Morgan fingerprint density at radius 2 is 2.05 bits per heavy atom. The molecule has 0 aromatic heterocycles. The second kappa shape index (κ2) is 6.04. The summed E-state index contributed by atoms with van der Waals surface area (Å²) in [7, 11) is 3.21. The third-order valence-corrected chi connectivity index (χ3v) is 3.52. The predicted molar refractivity (Wildman–Crippen MR) is 70.3 cm³/mol. The number of ether oxygens (including phenoxy) is 2. The van der Waals surface area contributed by atoms with E-state index < -0.39 is 0 Å². The lowest BCUT2D eigenvalue weighted by Gasteiger charge is -2.22. The van der Waals surface area contributed by atoms with Crippen LogP contribution in [0, 0.1) is 0 Å². The van der Waals surface area contributed by atoms with Crippen LogP contribution in [0.4, 0.5) is 0 Å². The third-order valence-electron chi connectivity index (χ3n) is 3.52. The molecular weight excluding hydrogens is 246 g/mol. The van der Waals surface area contributed by atoms with Crippen LogP contribution < -0.4 is 4.74 Å². The van der Waals surface area contributed by atoms with Gasteiger partial charge in [-0.3, -0.25) is 4.79 Å². The summed E-state index contributed by atoms with van der Waals surface area (Å²) in [6.07, 6.45) is 0.675. The van der Waals surface area contributed by atoms with Crippen molar-refractivity contribution >= 4 is 5.91 Å². The van der Waals surface area contributed by atoms with Gasteiger partial charge in [0, 0.05) is 19.2 Å². The molecule has 1 N–H and O–H groups in total. The van der Waals surface area contributed by atoms with E-state index in [1.54, 1.807) is 43.4 Å². The molecule has 0 aliphatic carbocycles. The first-order valence-electron chi connectivity index (χ1n) is 6.28. The predicted octanol–water partition coefficient (Wildman–Crippen LogP) is 0.917. The highest BCUT2D eigenvalue weighted by Gasteiger charge is 2.35. The highest BCUT2D eigenvalue weighted by atomic mass is 16.5. The number of rotatable bonds is 4. The van der Waals surface area contributed by atoms with E-state index in [0.717, 1.165) is 0 Å². The molecule has 2 atom stereocenters. The Bertz CT molecular complexity index is 432. The molecule has 1 saturated heterocycles. The highest BCUT2D eigenvalue weighted by Crippen LogP contribution is 2.23. The van der Waals surface area contributed by atoms with Crippen molar-refractivity contribution in [2.24, 2.45) is 0 Å². The molecule has 1 aliphatic rings. The van der Waals surface area contributed by atoms with Crippen LogP contribution in [-0.4, -0.2) is 55.4 Å². The van der Waals surface area contributed by atoms with Crippen LogP contribution in [-0.2, 0) is 4.74 Å². The largest absolute Gasteiger partial charge is 0.497 e. The fraction of sp³-hybridized carbons (Fsp3) is 0.500. The Balaban J connectivity index is 2.13.